The van der Waals surface area contributed by atoms with Crippen molar-refractivity contribution in [3.05, 3.63) is 36.4 Å². The Bertz CT molecular complexity index is 279. The normalized spacial score (nSPS) is 8.79. The molecule has 0 aliphatic heterocycles. The molecule has 0 amide bonds. The molecule has 14 heavy (non-hydrogen) atoms. The van der Waals surface area contributed by atoms with E-state index in [0.717, 1.165) is 16.8 Å². The van der Waals surface area contributed by atoms with E-state index in [4.69, 9.17) is 5.73 Å². The molecule has 1 aromatic carbocycles. The summed E-state index contributed by atoms with van der Waals surface area (Å²) >= 11 is 2.35. The highest BCUT2D eigenvalue weighted by Gasteiger charge is 1.94. The number of nitrogen functional groups attached to an aromatic ring is 1. The lowest BCUT2D eigenvalue weighted by Gasteiger charge is -2.01. The van der Waals surface area contributed by atoms with Gasteiger partial charge in [-0.3, -0.25) is 0 Å². The molecule has 0 aromatic heterocycles. The molecule has 1 aromatic rings. The van der Waals surface area contributed by atoms with Crippen molar-refractivity contribution in [3.8, 4) is 0 Å². The van der Waals surface area contributed by atoms with Gasteiger partial charge in [0.2, 0.25) is 0 Å². The third-order valence-electron chi connectivity index (χ3n) is 1.61. The summed E-state index contributed by atoms with van der Waals surface area (Å²) < 4.78 is 1.29. The van der Waals surface area contributed by atoms with Crippen LogP contribution >= 0.6 is 22.6 Å². The van der Waals surface area contributed by atoms with Gasteiger partial charge in [0.15, 0.2) is 0 Å². The summed E-state index contributed by atoms with van der Waals surface area (Å²) in [6.07, 6.45) is 1.31. The number of allylic oxidation sites excluding steroid dienone is 1. The van der Waals surface area contributed by atoms with E-state index in [1.54, 1.807) is 0 Å². The average molecular weight is 303 g/mol. The molecule has 2 N–H and O–H groups in total. The number of para-hydroxylation sites is 1. The maximum Gasteiger partial charge on any atom is 0.0390 e. The second-order valence-electron chi connectivity index (χ2n) is 3.06. The Morgan fingerprint density at radius 3 is 2.21 bits per heavy atom. The van der Waals surface area contributed by atoms with Gasteiger partial charge >= 0.3 is 0 Å². The van der Waals surface area contributed by atoms with E-state index in [-0.39, 0.29) is 0 Å². The van der Waals surface area contributed by atoms with E-state index in [1.807, 2.05) is 31.2 Å². The van der Waals surface area contributed by atoms with Crippen molar-refractivity contribution < 1.29 is 0 Å². The highest BCUT2D eigenvalue weighted by atomic mass is 127. The number of halogens is 1. The van der Waals surface area contributed by atoms with Crippen LogP contribution in [0.3, 0.4) is 0 Å². The van der Waals surface area contributed by atoms with Crippen LogP contribution in [-0.2, 0) is 0 Å². The molecule has 1 rings (SSSR count). The number of hydrogen-bond acceptors (Lipinski definition) is 1. The van der Waals surface area contributed by atoms with Gasteiger partial charge in [0.1, 0.15) is 0 Å². The fourth-order valence-corrected chi connectivity index (χ4v) is 0.886. The Labute approximate surface area is 101 Å². The Hall–Kier alpha value is -0.510. The summed E-state index contributed by atoms with van der Waals surface area (Å²) in [4.78, 5) is 0. The molecule has 0 aliphatic rings. The second-order valence-corrected chi connectivity index (χ2v) is 4.14. The molecule has 0 saturated carbocycles. The van der Waals surface area contributed by atoms with Gasteiger partial charge in [0, 0.05) is 5.69 Å². The number of benzene rings is 1. The van der Waals surface area contributed by atoms with Crippen LogP contribution in [0, 0.1) is 0 Å². The molecule has 0 fully saturated rings. The van der Waals surface area contributed by atoms with Crippen LogP contribution in [-0.4, -0.2) is 4.43 Å². The van der Waals surface area contributed by atoms with Crippen molar-refractivity contribution in [3.63, 3.8) is 0 Å². The van der Waals surface area contributed by atoms with Crippen LogP contribution < -0.4 is 5.73 Å². The summed E-state index contributed by atoms with van der Waals surface area (Å²) in [5, 5.41) is 0. The number of anilines is 1. The molecule has 0 saturated heterocycles. The molecule has 2 heteroatoms. The van der Waals surface area contributed by atoms with E-state index in [9.17, 15) is 0 Å². The molecule has 0 heterocycles. The molecular weight excluding hydrogens is 285 g/mol. The summed E-state index contributed by atoms with van der Waals surface area (Å²) in [7, 11) is 0. The van der Waals surface area contributed by atoms with Gasteiger partial charge in [0.05, 0.1) is 0 Å². The SMILES string of the molecule is C=C(C)c1ccccc1N.CCCI. The van der Waals surface area contributed by atoms with Gasteiger partial charge in [-0.15, -0.1) is 0 Å². The summed E-state index contributed by atoms with van der Waals surface area (Å²) in [5.41, 5.74) is 8.52. The van der Waals surface area contributed by atoms with Crippen molar-refractivity contribution in [1.82, 2.24) is 0 Å². The smallest absolute Gasteiger partial charge is 0.0390 e. The molecule has 78 valence electrons. The molecule has 0 bridgehead atoms. The monoisotopic (exact) mass is 303 g/mol. The standard InChI is InChI=1S/C9H11N.C3H7I/c1-7(2)8-5-3-4-6-9(8)10;1-2-3-4/h3-6H,1,10H2,2H3;2-3H2,1H3. The van der Waals surface area contributed by atoms with Crippen molar-refractivity contribution in [2.45, 2.75) is 20.3 Å². The van der Waals surface area contributed by atoms with Crippen LogP contribution in [0.2, 0.25) is 0 Å². The predicted molar refractivity (Wildman–Crippen MR) is 74.7 cm³/mol. The molecule has 0 radical (unpaired) electrons. The molecule has 0 atom stereocenters. The van der Waals surface area contributed by atoms with Gasteiger partial charge in [-0.25, -0.2) is 0 Å². The summed E-state index contributed by atoms with van der Waals surface area (Å²) in [6, 6.07) is 7.73. The lowest BCUT2D eigenvalue weighted by atomic mass is 10.1. The average Bonchev–Trinajstić information content (AvgIpc) is 2.18. The highest BCUT2D eigenvalue weighted by molar-refractivity contribution is 14.1. The first-order valence-electron chi connectivity index (χ1n) is 4.69. The molecular formula is C12H18IN. The van der Waals surface area contributed by atoms with Gasteiger partial charge in [0.25, 0.3) is 0 Å². The van der Waals surface area contributed by atoms with Crippen molar-refractivity contribution >= 4 is 33.9 Å². The zero-order valence-electron chi connectivity index (χ0n) is 8.89. The third kappa shape index (κ3) is 5.27. The van der Waals surface area contributed by atoms with Crippen molar-refractivity contribution in [2.75, 3.05) is 10.2 Å². The van der Waals surface area contributed by atoms with Crippen LogP contribution in [0.15, 0.2) is 30.8 Å². The fourth-order valence-electron chi connectivity index (χ4n) is 0.886. The van der Waals surface area contributed by atoms with Gasteiger partial charge in [-0.2, -0.15) is 0 Å². The van der Waals surface area contributed by atoms with Gasteiger partial charge < -0.3 is 5.73 Å². The minimum atomic E-state index is 0.801. The Kier molecular flexibility index (Phi) is 7.57. The Morgan fingerprint density at radius 2 is 1.93 bits per heavy atom. The van der Waals surface area contributed by atoms with E-state index >= 15 is 0 Å². The second kappa shape index (κ2) is 7.85. The molecule has 1 nitrogen and oxygen atoms in total. The lowest BCUT2D eigenvalue weighted by Crippen LogP contribution is -1.89. The van der Waals surface area contributed by atoms with Crippen LogP contribution in [0.5, 0.6) is 0 Å². The van der Waals surface area contributed by atoms with E-state index in [1.165, 1.54) is 10.8 Å². The topological polar surface area (TPSA) is 26.0 Å². The first-order valence-corrected chi connectivity index (χ1v) is 6.22. The minimum absolute atomic E-state index is 0.801. The van der Waals surface area contributed by atoms with Crippen LogP contribution in [0.1, 0.15) is 25.8 Å². The fraction of sp³-hybridized carbons (Fsp3) is 0.333. The number of hydrogen-bond donors (Lipinski definition) is 1. The van der Waals surface area contributed by atoms with Crippen LogP contribution in [0.4, 0.5) is 5.69 Å². The number of rotatable bonds is 2. The first-order chi connectivity index (χ1) is 6.63. The van der Waals surface area contributed by atoms with Gasteiger partial charge in [-0.05, 0) is 35.0 Å². The molecule has 0 aliphatic carbocycles. The van der Waals surface area contributed by atoms with Crippen molar-refractivity contribution in [1.29, 1.82) is 0 Å². The largest absolute Gasteiger partial charge is 0.398 e. The van der Waals surface area contributed by atoms with Crippen LogP contribution in [0.25, 0.3) is 5.57 Å². The highest BCUT2D eigenvalue weighted by Crippen LogP contribution is 2.17. The van der Waals surface area contributed by atoms with Gasteiger partial charge in [-0.1, -0.05) is 54.3 Å². The maximum absolute atomic E-state index is 5.66. The molecule has 0 unspecified atom stereocenters. The predicted octanol–water partition coefficient (Wildman–Crippen LogP) is 4.13. The Balaban J connectivity index is 0.000000364. The first kappa shape index (κ1) is 13.5. The quantitative estimate of drug-likeness (QED) is 0.496. The lowest BCUT2D eigenvalue weighted by molar-refractivity contribution is 1.13. The number of alkyl halides is 1. The maximum atomic E-state index is 5.66. The third-order valence-corrected chi connectivity index (χ3v) is 2.69. The summed E-state index contributed by atoms with van der Waals surface area (Å²) in [5.74, 6) is 0. The van der Waals surface area contributed by atoms with E-state index in [0.29, 0.717) is 0 Å². The zero-order valence-corrected chi connectivity index (χ0v) is 11.0. The van der Waals surface area contributed by atoms with E-state index in [2.05, 4.69) is 36.1 Å². The molecule has 0 spiro atoms. The van der Waals surface area contributed by atoms with E-state index < -0.39 is 0 Å². The van der Waals surface area contributed by atoms with Crippen molar-refractivity contribution in [2.24, 2.45) is 0 Å². The minimum Gasteiger partial charge on any atom is -0.398 e. The zero-order chi connectivity index (χ0) is 11.0. The Morgan fingerprint density at radius 1 is 1.43 bits per heavy atom. The summed E-state index contributed by atoms with van der Waals surface area (Å²) in [6.45, 7) is 7.93. The number of nitrogens with two attached hydrogens (primary N) is 1.